The van der Waals surface area contributed by atoms with Crippen LogP contribution in [0.3, 0.4) is 0 Å². The molecule has 0 aliphatic heterocycles. The van der Waals surface area contributed by atoms with Crippen molar-refractivity contribution < 1.29 is 9.18 Å². The Morgan fingerprint density at radius 2 is 2.23 bits per heavy atom. The van der Waals surface area contributed by atoms with Crippen LogP contribution in [0.4, 0.5) is 4.39 Å². The van der Waals surface area contributed by atoms with Gasteiger partial charge in [-0.05, 0) is 67.2 Å². The van der Waals surface area contributed by atoms with Gasteiger partial charge in [0.15, 0.2) is 0 Å². The van der Waals surface area contributed by atoms with E-state index in [-0.39, 0.29) is 17.5 Å². The van der Waals surface area contributed by atoms with Crippen LogP contribution in [0.1, 0.15) is 38.5 Å². The molecule has 2 aliphatic carbocycles. The van der Waals surface area contributed by atoms with Crippen LogP contribution in [-0.4, -0.2) is 42.8 Å². The average Bonchev–Trinajstić information content (AvgIpc) is 3.37. The molecule has 0 bridgehead atoms. The second-order valence-corrected chi connectivity index (χ2v) is 7.52. The molecule has 1 aromatic carbocycles. The number of tetrazole rings is 1. The molecule has 0 atom stereocenters. The number of hydrogen-bond donors (Lipinski definition) is 0. The van der Waals surface area contributed by atoms with Crippen LogP contribution in [0.25, 0.3) is 5.69 Å². The lowest BCUT2D eigenvalue weighted by molar-refractivity contribution is -0.127. The molecule has 26 heavy (non-hydrogen) atoms. The first kappa shape index (κ1) is 17.2. The summed E-state index contributed by atoms with van der Waals surface area (Å²) in [6.07, 6.45) is 8.75. The number of aromatic nitrogens is 4. The quantitative estimate of drug-likeness (QED) is 0.727. The Kier molecular flexibility index (Phi) is 5.01. The lowest BCUT2D eigenvalue weighted by Gasteiger charge is -2.27. The first-order chi connectivity index (χ1) is 12.7. The molecule has 1 heterocycles. The van der Waals surface area contributed by atoms with Crippen LogP contribution >= 0.6 is 11.8 Å². The molecule has 1 aromatic heterocycles. The minimum atomic E-state index is -0.353. The topological polar surface area (TPSA) is 63.9 Å². The van der Waals surface area contributed by atoms with Gasteiger partial charge in [0.05, 0.1) is 11.4 Å². The molecule has 4 rings (SSSR count). The molecule has 0 unspecified atom stereocenters. The predicted molar refractivity (Wildman–Crippen MR) is 96.3 cm³/mol. The second kappa shape index (κ2) is 7.57. The Bertz CT molecular complexity index is 832. The molecule has 0 saturated heterocycles. The molecule has 1 saturated carbocycles. The highest BCUT2D eigenvalue weighted by atomic mass is 32.2. The third kappa shape index (κ3) is 3.80. The molecule has 1 amide bonds. The monoisotopic (exact) mass is 373 g/mol. The maximum atomic E-state index is 13.5. The minimum absolute atomic E-state index is 0.0967. The summed E-state index contributed by atoms with van der Waals surface area (Å²) < 4.78 is 14.9. The van der Waals surface area contributed by atoms with E-state index in [1.165, 1.54) is 40.7 Å². The number of halogens is 1. The third-order valence-electron chi connectivity index (χ3n) is 4.58. The number of amides is 1. The number of benzene rings is 1. The van der Waals surface area contributed by atoms with E-state index >= 15 is 0 Å². The number of nitrogens with zero attached hydrogens (tertiary/aromatic N) is 5. The van der Waals surface area contributed by atoms with E-state index in [0.29, 0.717) is 16.9 Å². The van der Waals surface area contributed by atoms with E-state index in [1.54, 1.807) is 12.1 Å². The summed E-state index contributed by atoms with van der Waals surface area (Å²) in [7, 11) is 0. The first-order valence-corrected chi connectivity index (χ1v) is 9.89. The van der Waals surface area contributed by atoms with Crippen LogP contribution in [0.2, 0.25) is 0 Å². The lowest BCUT2D eigenvalue weighted by atomic mass is 10.0. The lowest BCUT2D eigenvalue weighted by Crippen LogP contribution is -2.34. The number of carbonyl (C=O) groups is 1. The van der Waals surface area contributed by atoms with Crippen molar-refractivity contribution in [2.24, 2.45) is 0 Å². The van der Waals surface area contributed by atoms with Crippen molar-refractivity contribution in [3.63, 3.8) is 0 Å². The molecule has 2 aromatic rings. The van der Waals surface area contributed by atoms with Crippen molar-refractivity contribution in [3.05, 3.63) is 41.9 Å². The summed E-state index contributed by atoms with van der Waals surface area (Å²) in [5.41, 5.74) is 1.72. The van der Waals surface area contributed by atoms with Crippen LogP contribution in [0.5, 0.6) is 0 Å². The van der Waals surface area contributed by atoms with E-state index in [4.69, 9.17) is 0 Å². The zero-order chi connectivity index (χ0) is 17.9. The van der Waals surface area contributed by atoms with Crippen molar-refractivity contribution in [2.45, 2.75) is 49.7 Å². The normalized spacial score (nSPS) is 17.0. The van der Waals surface area contributed by atoms with Gasteiger partial charge < -0.3 is 4.90 Å². The van der Waals surface area contributed by atoms with Crippen molar-refractivity contribution in [3.8, 4) is 5.69 Å². The molecule has 6 nitrogen and oxygen atoms in total. The van der Waals surface area contributed by atoms with Gasteiger partial charge in [-0.1, -0.05) is 23.9 Å². The fraction of sp³-hybridized carbons (Fsp3) is 0.444. The fourth-order valence-corrected chi connectivity index (χ4v) is 3.96. The van der Waals surface area contributed by atoms with Gasteiger partial charge in [0.1, 0.15) is 5.82 Å². The molecule has 0 N–H and O–H groups in total. The second-order valence-electron chi connectivity index (χ2n) is 6.58. The van der Waals surface area contributed by atoms with Crippen molar-refractivity contribution in [1.82, 2.24) is 25.1 Å². The van der Waals surface area contributed by atoms with E-state index in [1.807, 2.05) is 4.90 Å². The molecule has 136 valence electrons. The Morgan fingerprint density at radius 1 is 1.35 bits per heavy atom. The first-order valence-electron chi connectivity index (χ1n) is 8.90. The number of hydrogen-bond acceptors (Lipinski definition) is 5. The van der Waals surface area contributed by atoms with Gasteiger partial charge >= 0.3 is 0 Å². The molecule has 8 heteroatoms. The number of carbonyl (C=O) groups excluding carboxylic acids is 1. The molecule has 2 aliphatic rings. The van der Waals surface area contributed by atoms with E-state index < -0.39 is 0 Å². The number of rotatable bonds is 6. The Hall–Kier alpha value is -2.22. The number of allylic oxidation sites excluding steroid dienone is 2. The Balaban J connectivity index is 1.46. The maximum Gasteiger partial charge on any atom is 0.237 e. The third-order valence-corrected chi connectivity index (χ3v) is 5.48. The Labute approximate surface area is 155 Å². The number of thioether (sulfide) groups is 1. The molecular weight excluding hydrogens is 353 g/mol. The average molecular weight is 373 g/mol. The highest BCUT2D eigenvalue weighted by molar-refractivity contribution is 7.99. The van der Waals surface area contributed by atoms with Crippen LogP contribution < -0.4 is 0 Å². The van der Waals surface area contributed by atoms with E-state index in [0.717, 1.165) is 32.1 Å². The van der Waals surface area contributed by atoms with Crippen molar-refractivity contribution in [2.75, 3.05) is 5.75 Å². The largest absolute Gasteiger partial charge is 0.313 e. The summed E-state index contributed by atoms with van der Waals surface area (Å²) in [4.78, 5) is 14.8. The highest BCUT2D eigenvalue weighted by Gasteiger charge is 2.35. The molecular formula is C18H20FN5OS. The SMILES string of the molecule is O=C(CSc1nnnn1-c1cccc(F)c1)N(C1=CCCCC1)C1CC1. The van der Waals surface area contributed by atoms with Crippen molar-refractivity contribution in [1.29, 1.82) is 0 Å². The van der Waals surface area contributed by atoms with Gasteiger partial charge in [0.25, 0.3) is 0 Å². The van der Waals surface area contributed by atoms with Crippen LogP contribution in [0.15, 0.2) is 41.2 Å². The van der Waals surface area contributed by atoms with Gasteiger partial charge in [0.2, 0.25) is 11.1 Å². The summed E-state index contributed by atoms with van der Waals surface area (Å²) in [6, 6.07) is 6.43. The van der Waals surface area contributed by atoms with Crippen LogP contribution in [0, 0.1) is 5.82 Å². The van der Waals surface area contributed by atoms with Crippen LogP contribution in [-0.2, 0) is 4.79 Å². The Morgan fingerprint density at radius 3 is 2.96 bits per heavy atom. The smallest absolute Gasteiger partial charge is 0.237 e. The molecule has 1 fully saturated rings. The summed E-state index contributed by atoms with van der Waals surface area (Å²) >= 11 is 1.29. The van der Waals surface area contributed by atoms with Gasteiger partial charge in [-0.25, -0.2) is 4.39 Å². The van der Waals surface area contributed by atoms with Crippen molar-refractivity contribution >= 4 is 17.7 Å². The van der Waals surface area contributed by atoms with Gasteiger partial charge in [-0.15, -0.1) is 5.10 Å². The zero-order valence-corrected chi connectivity index (χ0v) is 15.2. The van der Waals surface area contributed by atoms with Gasteiger partial charge in [0, 0.05) is 11.7 Å². The maximum absolute atomic E-state index is 13.5. The standard InChI is InChI=1S/C18H20FN5OS/c19-13-5-4-8-16(11-13)24-18(20-21-22-24)26-12-17(25)23(15-9-10-15)14-6-2-1-3-7-14/h4-6,8,11,15H,1-3,7,9-10,12H2. The zero-order valence-electron chi connectivity index (χ0n) is 14.3. The molecule has 0 spiro atoms. The summed E-state index contributed by atoms with van der Waals surface area (Å²) in [6.45, 7) is 0. The van der Waals surface area contributed by atoms with Gasteiger partial charge in [-0.3, -0.25) is 4.79 Å². The summed E-state index contributed by atoms with van der Waals surface area (Å²) in [5, 5.41) is 12.1. The van der Waals surface area contributed by atoms with E-state index in [2.05, 4.69) is 21.6 Å². The van der Waals surface area contributed by atoms with E-state index in [9.17, 15) is 9.18 Å². The highest BCUT2D eigenvalue weighted by Crippen LogP contribution is 2.34. The summed E-state index contributed by atoms with van der Waals surface area (Å²) in [5.74, 6) is 0.0115. The predicted octanol–water partition coefficient (Wildman–Crippen LogP) is 3.34. The minimum Gasteiger partial charge on any atom is -0.313 e. The molecule has 0 radical (unpaired) electrons. The van der Waals surface area contributed by atoms with Gasteiger partial charge in [-0.2, -0.15) is 4.68 Å². The fourth-order valence-electron chi connectivity index (χ4n) is 3.21.